The molecule has 1 aromatic rings. The van der Waals surface area contributed by atoms with Gasteiger partial charge in [0.05, 0.1) is 0 Å². The Hall–Kier alpha value is -1.62. The van der Waals surface area contributed by atoms with Gasteiger partial charge in [0.25, 0.3) is 5.91 Å². The van der Waals surface area contributed by atoms with Crippen LogP contribution in [-0.2, 0) is 0 Å². The molecule has 0 bridgehead atoms. The number of pyridine rings is 1. The topological polar surface area (TPSA) is 85.2 Å². The number of carbonyl (C=O) groups is 1. The van der Waals surface area contributed by atoms with Crippen molar-refractivity contribution in [1.29, 1.82) is 0 Å². The number of hydrogen-bond acceptors (Lipinski definition) is 4. The predicted molar refractivity (Wildman–Crippen MR) is 66.7 cm³/mol. The molecule has 1 aromatic heterocycles. The number of carbonyl (C=O) groups excluding carboxylic acids is 1. The third-order valence-electron chi connectivity index (χ3n) is 3.24. The van der Waals surface area contributed by atoms with Crippen molar-refractivity contribution < 1.29 is 4.79 Å². The fourth-order valence-corrected chi connectivity index (χ4v) is 2.22. The maximum absolute atomic E-state index is 11.0. The van der Waals surface area contributed by atoms with E-state index in [1.807, 2.05) is 13.1 Å². The normalized spacial score (nSPS) is 22.9. The SMILES string of the molecule is CN(CC1CC(N)C1)c1ccnc(C(N)=O)c1. The van der Waals surface area contributed by atoms with Gasteiger partial charge in [-0.25, -0.2) is 0 Å². The van der Waals surface area contributed by atoms with Crippen LogP contribution in [0.1, 0.15) is 23.3 Å². The summed E-state index contributed by atoms with van der Waals surface area (Å²) in [7, 11) is 2.00. The quantitative estimate of drug-likeness (QED) is 0.787. The van der Waals surface area contributed by atoms with Crippen molar-refractivity contribution in [3.8, 4) is 0 Å². The summed E-state index contributed by atoms with van der Waals surface area (Å²) in [4.78, 5) is 17.1. The van der Waals surface area contributed by atoms with E-state index in [-0.39, 0.29) is 0 Å². The van der Waals surface area contributed by atoms with Gasteiger partial charge in [-0.15, -0.1) is 0 Å². The number of nitrogens with zero attached hydrogens (tertiary/aromatic N) is 2. The molecular weight excluding hydrogens is 216 g/mol. The van der Waals surface area contributed by atoms with Crippen LogP contribution in [0.25, 0.3) is 0 Å². The maximum atomic E-state index is 11.0. The minimum absolute atomic E-state index is 0.305. The van der Waals surface area contributed by atoms with Crippen molar-refractivity contribution in [3.63, 3.8) is 0 Å². The predicted octanol–water partition coefficient (Wildman–Crippen LogP) is 0.354. The van der Waals surface area contributed by atoms with E-state index in [9.17, 15) is 4.79 Å². The Balaban J connectivity index is 2.00. The smallest absolute Gasteiger partial charge is 0.267 e. The summed E-state index contributed by atoms with van der Waals surface area (Å²) in [6, 6.07) is 3.97. The van der Waals surface area contributed by atoms with Crippen LogP contribution < -0.4 is 16.4 Å². The molecule has 1 heterocycles. The number of nitrogens with two attached hydrogens (primary N) is 2. The minimum atomic E-state index is -0.495. The highest BCUT2D eigenvalue weighted by molar-refractivity contribution is 5.91. The molecular formula is C12H18N4O. The molecule has 1 fully saturated rings. The molecule has 5 heteroatoms. The van der Waals surface area contributed by atoms with E-state index in [1.54, 1.807) is 12.3 Å². The van der Waals surface area contributed by atoms with Crippen molar-refractivity contribution in [2.45, 2.75) is 18.9 Å². The molecule has 17 heavy (non-hydrogen) atoms. The first kappa shape index (κ1) is 11.9. The lowest BCUT2D eigenvalue weighted by Crippen LogP contribution is -2.41. The lowest BCUT2D eigenvalue weighted by atomic mass is 9.80. The average Bonchev–Trinajstić information content (AvgIpc) is 2.27. The van der Waals surface area contributed by atoms with E-state index >= 15 is 0 Å². The summed E-state index contributed by atoms with van der Waals surface area (Å²) in [6.07, 6.45) is 3.77. The fourth-order valence-electron chi connectivity index (χ4n) is 2.22. The molecule has 4 N–H and O–H groups in total. The van der Waals surface area contributed by atoms with E-state index in [2.05, 4.69) is 9.88 Å². The highest BCUT2D eigenvalue weighted by Gasteiger charge is 2.26. The Morgan fingerprint density at radius 3 is 2.88 bits per heavy atom. The van der Waals surface area contributed by atoms with Crippen molar-refractivity contribution >= 4 is 11.6 Å². The zero-order valence-corrected chi connectivity index (χ0v) is 9.97. The van der Waals surface area contributed by atoms with Crippen LogP contribution in [-0.4, -0.2) is 30.5 Å². The van der Waals surface area contributed by atoms with Crippen molar-refractivity contribution in [3.05, 3.63) is 24.0 Å². The third kappa shape index (κ3) is 2.74. The fraction of sp³-hybridized carbons (Fsp3) is 0.500. The van der Waals surface area contributed by atoms with Gasteiger partial charge >= 0.3 is 0 Å². The van der Waals surface area contributed by atoms with Crippen LogP contribution in [0.4, 0.5) is 5.69 Å². The number of rotatable bonds is 4. The van der Waals surface area contributed by atoms with E-state index in [0.29, 0.717) is 17.7 Å². The van der Waals surface area contributed by atoms with E-state index < -0.39 is 5.91 Å². The molecule has 1 amide bonds. The standard InChI is InChI=1S/C12H18N4O/c1-16(7-8-4-9(13)5-8)10-2-3-15-11(6-10)12(14)17/h2-3,6,8-9H,4-5,7,13H2,1H3,(H2,14,17). The van der Waals surface area contributed by atoms with Crippen LogP contribution in [0.3, 0.4) is 0 Å². The summed E-state index contributed by atoms with van der Waals surface area (Å²) in [5.74, 6) is 0.158. The molecule has 5 nitrogen and oxygen atoms in total. The van der Waals surface area contributed by atoms with Gasteiger partial charge < -0.3 is 16.4 Å². The van der Waals surface area contributed by atoms with Gasteiger partial charge in [-0.05, 0) is 30.9 Å². The van der Waals surface area contributed by atoms with Gasteiger partial charge in [-0.3, -0.25) is 9.78 Å². The molecule has 0 aromatic carbocycles. The molecule has 2 rings (SSSR count). The molecule has 0 atom stereocenters. The highest BCUT2D eigenvalue weighted by atomic mass is 16.1. The number of anilines is 1. The number of amides is 1. The Bertz CT molecular complexity index is 415. The van der Waals surface area contributed by atoms with Crippen molar-refractivity contribution in [2.75, 3.05) is 18.5 Å². The van der Waals surface area contributed by atoms with E-state index in [0.717, 1.165) is 25.1 Å². The summed E-state index contributed by atoms with van der Waals surface area (Å²) in [5.41, 5.74) is 12.2. The van der Waals surface area contributed by atoms with Gasteiger partial charge in [0.2, 0.25) is 0 Å². The number of aromatic nitrogens is 1. The van der Waals surface area contributed by atoms with Crippen molar-refractivity contribution in [1.82, 2.24) is 4.98 Å². The summed E-state index contributed by atoms with van der Waals surface area (Å²) in [6.45, 7) is 0.954. The first-order valence-electron chi connectivity index (χ1n) is 5.79. The minimum Gasteiger partial charge on any atom is -0.374 e. The van der Waals surface area contributed by atoms with E-state index in [1.165, 1.54) is 0 Å². The average molecular weight is 234 g/mol. The summed E-state index contributed by atoms with van der Waals surface area (Å²) in [5, 5.41) is 0. The van der Waals surface area contributed by atoms with Crippen LogP contribution >= 0.6 is 0 Å². The second kappa shape index (κ2) is 4.71. The first-order valence-corrected chi connectivity index (χ1v) is 5.79. The molecule has 0 spiro atoms. The second-order valence-corrected chi connectivity index (χ2v) is 4.74. The molecule has 1 saturated carbocycles. The zero-order valence-electron chi connectivity index (χ0n) is 9.97. The molecule has 1 aliphatic carbocycles. The highest BCUT2D eigenvalue weighted by Crippen LogP contribution is 2.27. The summed E-state index contributed by atoms with van der Waals surface area (Å²) >= 11 is 0. The molecule has 0 saturated heterocycles. The van der Waals surface area contributed by atoms with Crippen LogP contribution in [0.2, 0.25) is 0 Å². The Morgan fingerprint density at radius 2 is 2.29 bits per heavy atom. The molecule has 92 valence electrons. The first-order chi connectivity index (χ1) is 8.06. The van der Waals surface area contributed by atoms with Gasteiger partial charge in [-0.2, -0.15) is 0 Å². The summed E-state index contributed by atoms with van der Waals surface area (Å²) < 4.78 is 0. The number of hydrogen-bond donors (Lipinski definition) is 2. The lowest BCUT2D eigenvalue weighted by Gasteiger charge is -2.36. The van der Waals surface area contributed by atoms with Gasteiger partial charge in [-0.1, -0.05) is 0 Å². The van der Waals surface area contributed by atoms with Gasteiger partial charge in [0.15, 0.2) is 0 Å². The Morgan fingerprint density at radius 1 is 1.59 bits per heavy atom. The number of primary amides is 1. The van der Waals surface area contributed by atoms with Crippen molar-refractivity contribution in [2.24, 2.45) is 17.4 Å². The molecule has 1 aliphatic rings. The molecule has 0 radical (unpaired) electrons. The third-order valence-corrected chi connectivity index (χ3v) is 3.24. The largest absolute Gasteiger partial charge is 0.374 e. The monoisotopic (exact) mass is 234 g/mol. The maximum Gasteiger partial charge on any atom is 0.267 e. The molecule has 0 aliphatic heterocycles. The van der Waals surface area contributed by atoms with Crippen LogP contribution in [0.5, 0.6) is 0 Å². The zero-order chi connectivity index (χ0) is 12.4. The Labute approximate surface area is 101 Å². The molecule has 0 unspecified atom stereocenters. The van der Waals surface area contributed by atoms with Crippen LogP contribution in [0, 0.1) is 5.92 Å². The lowest BCUT2D eigenvalue weighted by molar-refractivity contribution is 0.0995. The second-order valence-electron chi connectivity index (χ2n) is 4.74. The van der Waals surface area contributed by atoms with Crippen LogP contribution in [0.15, 0.2) is 18.3 Å². The Kier molecular flexibility index (Phi) is 3.28. The van der Waals surface area contributed by atoms with Gasteiger partial charge in [0.1, 0.15) is 5.69 Å². The van der Waals surface area contributed by atoms with E-state index in [4.69, 9.17) is 11.5 Å². The van der Waals surface area contributed by atoms with Gasteiger partial charge in [0, 0.05) is 31.5 Å².